The number of rotatable bonds is 7. The number of nitrogens with one attached hydrogen (secondary N) is 1. The molecule has 2 heterocycles. The molecule has 33 heavy (non-hydrogen) atoms. The zero-order chi connectivity index (χ0) is 23.2. The van der Waals surface area contributed by atoms with Crippen LogP contribution in [0.5, 0.6) is 0 Å². The van der Waals surface area contributed by atoms with Gasteiger partial charge in [0.05, 0.1) is 5.75 Å². The topological polar surface area (TPSA) is 91.6 Å². The first kappa shape index (κ1) is 22.8. The average molecular weight is 466 g/mol. The smallest absolute Gasteiger partial charge is 0.277 e. The van der Waals surface area contributed by atoms with Crippen LogP contribution in [-0.2, 0) is 9.59 Å². The minimum Gasteiger partial charge on any atom is -0.411 e. The predicted molar refractivity (Wildman–Crippen MR) is 129 cm³/mol. The van der Waals surface area contributed by atoms with E-state index in [1.54, 1.807) is 0 Å². The highest BCUT2D eigenvalue weighted by Gasteiger charge is 2.20. The van der Waals surface area contributed by atoms with Gasteiger partial charge in [0.1, 0.15) is 0 Å². The van der Waals surface area contributed by atoms with Crippen molar-refractivity contribution < 1.29 is 14.0 Å². The maximum atomic E-state index is 12.4. The molecular weight excluding hydrogens is 438 g/mol. The van der Waals surface area contributed by atoms with Gasteiger partial charge in [-0.15, -0.1) is 10.2 Å². The van der Waals surface area contributed by atoms with Crippen molar-refractivity contribution in [1.29, 1.82) is 0 Å². The zero-order valence-corrected chi connectivity index (χ0v) is 19.6. The van der Waals surface area contributed by atoms with Crippen molar-refractivity contribution in [1.82, 2.24) is 15.1 Å². The minimum atomic E-state index is -0.144. The van der Waals surface area contributed by atoms with Crippen molar-refractivity contribution in [3.63, 3.8) is 0 Å². The van der Waals surface area contributed by atoms with Gasteiger partial charge in [-0.2, -0.15) is 0 Å². The number of amides is 2. The Balaban J connectivity index is 1.25. The standard InChI is InChI=1S/C24H27N5O3S/c1-3-22(31)29-13-11-28(12-14-29)20-9-7-19(8-10-20)25-21(30)16-33-24-27-26-23(32-24)18-6-4-5-17(2)15-18/h4-10,15H,3,11-14,16H2,1-2H3,(H,25,30). The summed E-state index contributed by atoms with van der Waals surface area (Å²) in [5.41, 5.74) is 3.78. The molecule has 2 amide bonds. The highest BCUT2D eigenvalue weighted by Crippen LogP contribution is 2.24. The van der Waals surface area contributed by atoms with Gasteiger partial charge in [0.2, 0.25) is 17.7 Å². The van der Waals surface area contributed by atoms with Crippen LogP contribution in [0.3, 0.4) is 0 Å². The van der Waals surface area contributed by atoms with E-state index in [1.165, 1.54) is 11.8 Å². The van der Waals surface area contributed by atoms with E-state index in [0.29, 0.717) is 17.5 Å². The number of piperazine rings is 1. The normalized spacial score (nSPS) is 13.8. The summed E-state index contributed by atoms with van der Waals surface area (Å²) < 4.78 is 5.67. The van der Waals surface area contributed by atoms with E-state index in [0.717, 1.165) is 48.7 Å². The summed E-state index contributed by atoms with van der Waals surface area (Å²) >= 11 is 1.20. The second-order valence-electron chi connectivity index (χ2n) is 7.85. The van der Waals surface area contributed by atoms with Crippen LogP contribution in [0.15, 0.2) is 58.2 Å². The number of hydrogen-bond acceptors (Lipinski definition) is 7. The largest absolute Gasteiger partial charge is 0.411 e. The first-order chi connectivity index (χ1) is 16.0. The quantitative estimate of drug-likeness (QED) is 0.530. The first-order valence-corrected chi connectivity index (χ1v) is 12.0. The maximum absolute atomic E-state index is 12.4. The number of hydrogen-bond donors (Lipinski definition) is 1. The van der Waals surface area contributed by atoms with E-state index in [2.05, 4.69) is 20.4 Å². The summed E-state index contributed by atoms with van der Waals surface area (Å²) in [5, 5.41) is 11.3. The molecule has 4 rings (SSSR count). The summed E-state index contributed by atoms with van der Waals surface area (Å²) in [6.45, 7) is 6.99. The summed E-state index contributed by atoms with van der Waals surface area (Å²) in [7, 11) is 0. The van der Waals surface area contributed by atoms with Crippen molar-refractivity contribution in [2.24, 2.45) is 0 Å². The molecule has 1 saturated heterocycles. The zero-order valence-electron chi connectivity index (χ0n) is 18.8. The molecule has 0 saturated carbocycles. The number of benzene rings is 2. The van der Waals surface area contributed by atoms with Crippen molar-refractivity contribution in [3.05, 3.63) is 54.1 Å². The van der Waals surface area contributed by atoms with Gasteiger partial charge in [-0.05, 0) is 43.3 Å². The molecule has 0 bridgehead atoms. The minimum absolute atomic E-state index is 0.144. The molecule has 1 fully saturated rings. The van der Waals surface area contributed by atoms with E-state index >= 15 is 0 Å². The van der Waals surface area contributed by atoms with Gasteiger partial charge >= 0.3 is 0 Å². The number of carbonyl (C=O) groups is 2. The number of anilines is 2. The van der Waals surface area contributed by atoms with Crippen molar-refractivity contribution in [3.8, 4) is 11.5 Å². The van der Waals surface area contributed by atoms with Crippen LogP contribution < -0.4 is 10.2 Å². The van der Waals surface area contributed by atoms with Crippen LogP contribution in [0.1, 0.15) is 18.9 Å². The lowest BCUT2D eigenvalue weighted by Crippen LogP contribution is -2.48. The summed E-state index contributed by atoms with van der Waals surface area (Å²) in [5.74, 6) is 0.675. The van der Waals surface area contributed by atoms with Crippen LogP contribution in [-0.4, -0.2) is 58.8 Å². The fraction of sp³-hybridized carbons (Fsp3) is 0.333. The SMILES string of the molecule is CCC(=O)N1CCN(c2ccc(NC(=O)CSc3nnc(-c4cccc(C)c4)o3)cc2)CC1. The van der Waals surface area contributed by atoms with Crippen LogP contribution in [0, 0.1) is 6.92 Å². The monoisotopic (exact) mass is 465 g/mol. The van der Waals surface area contributed by atoms with Crippen molar-refractivity contribution >= 4 is 35.0 Å². The van der Waals surface area contributed by atoms with Crippen LogP contribution in [0.25, 0.3) is 11.5 Å². The third-order valence-corrected chi connectivity index (χ3v) is 6.27. The third kappa shape index (κ3) is 5.92. The molecule has 0 spiro atoms. The highest BCUT2D eigenvalue weighted by molar-refractivity contribution is 7.99. The molecule has 8 nitrogen and oxygen atoms in total. The Morgan fingerprint density at radius 1 is 1.06 bits per heavy atom. The highest BCUT2D eigenvalue weighted by atomic mass is 32.2. The van der Waals surface area contributed by atoms with Gasteiger partial charge in [-0.25, -0.2) is 0 Å². The van der Waals surface area contributed by atoms with E-state index in [9.17, 15) is 9.59 Å². The Morgan fingerprint density at radius 2 is 1.82 bits per heavy atom. The van der Waals surface area contributed by atoms with Gasteiger partial charge in [-0.3, -0.25) is 9.59 Å². The van der Waals surface area contributed by atoms with E-state index in [1.807, 2.05) is 67.3 Å². The van der Waals surface area contributed by atoms with Crippen molar-refractivity contribution in [2.75, 3.05) is 42.1 Å². The lowest BCUT2D eigenvalue weighted by Gasteiger charge is -2.36. The molecular formula is C24H27N5O3S. The summed E-state index contributed by atoms with van der Waals surface area (Å²) in [4.78, 5) is 28.3. The number of carbonyl (C=O) groups excluding carboxylic acids is 2. The Kier molecular flexibility index (Phi) is 7.29. The Hall–Kier alpha value is -3.33. The molecule has 1 aromatic heterocycles. The van der Waals surface area contributed by atoms with Crippen LogP contribution in [0.2, 0.25) is 0 Å². The van der Waals surface area contributed by atoms with Gasteiger partial charge in [0.15, 0.2) is 0 Å². The van der Waals surface area contributed by atoms with Gasteiger partial charge < -0.3 is 19.5 Å². The second kappa shape index (κ2) is 10.5. The molecule has 0 radical (unpaired) electrons. The maximum Gasteiger partial charge on any atom is 0.277 e. The molecule has 9 heteroatoms. The Bertz CT molecular complexity index is 1110. The molecule has 2 aromatic carbocycles. The van der Waals surface area contributed by atoms with Gasteiger partial charge in [0, 0.05) is 49.5 Å². The second-order valence-corrected chi connectivity index (χ2v) is 8.77. The van der Waals surface area contributed by atoms with E-state index in [4.69, 9.17) is 4.42 Å². The Morgan fingerprint density at radius 3 is 2.52 bits per heavy atom. The lowest BCUT2D eigenvalue weighted by molar-refractivity contribution is -0.131. The molecule has 1 N–H and O–H groups in total. The summed E-state index contributed by atoms with van der Waals surface area (Å²) in [6, 6.07) is 15.6. The van der Waals surface area contributed by atoms with Crippen LogP contribution in [0.4, 0.5) is 11.4 Å². The van der Waals surface area contributed by atoms with Crippen LogP contribution >= 0.6 is 11.8 Å². The molecule has 0 aliphatic carbocycles. The molecule has 1 aliphatic rings. The fourth-order valence-electron chi connectivity index (χ4n) is 3.68. The molecule has 3 aromatic rings. The third-order valence-electron chi connectivity index (χ3n) is 5.45. The molecule has 1 aliphatic heterocycles. The molecule has 0 atom stereocenters. The number of aryl methyl sites for hydroxylation is 1. The number of thioether (sulfide) groups is 1. The van der Waals surface area contributed by atoms with E-state index < -0.39 is 0 Å². The first-order valence-electron chi connectivity index (χ1n) is 11.0. The van der Waals surface area contributed by atoms with Gasteiger partial charge in [0.25, 0.3) is 5.22 Å². The summed E-state index contributed by atoms with van der Waals surface area (Å²) in [6.07, 6.45) is 0.549. The number of aromatic nitrogens is 2. The van der Waals surface area contributed by atoms with E-state index in [-0.39, 0.29) is 17.6 Å². The van der Waals surface area contributed by atoms with Crippen molar-refractivity contribution in [2.45, 2.75) is 25.5 Å². The number of nitrogens with zero attached hydrogens (tertiary/aromatic N) is 4. The lowest BCUT2D eigenvalue weighted by atomic mass is 10.1. The average Bonchev–Trinajstić information content (AvgIpc) is 3.32. The van der Waals surface area contributed by atoms with Gasteiger partial charge in [-0.1, -0.05) is 36.4 Å². The molecule has 172 valence electrons. The molecule has 0 unspecified atom stereocenters. The fourth-order valence-corrected chi connectivity index (χ4v) is 4.24. The predicted octanol–water partition coefficient (Wildman–Crippen LogP) is 3.83. The Labute approximate surface area is 197 Å².